The third kappa shape index (κ3) is 3.80. The molecule has 0 fully saturated rings. The zero-order chi connectivity index (χ0) is 11.3. The maximum Gasteiger partial charge on any atom is 0.303 e. The number of rotatable bonds is 5. The van der Waals surface area contributed by atoms with Gasteiger partial charge in [-0.25, -0.2) is 0 Å². The Kier molecular flexibility index (Phi) is 3.84. The van der Waals surface area contributed by atoms with E-state index >= 15 is 0 Å². The summed E-state index contributed by atoms with van der Waals surface area (Å²) in [4.78, 5) is 21.7. The summed E-state index contributed by atoms with van der Waals surface area (Å²) >= 11 is 0. The lowest BCUT2D eigenvalue weighted by Gasteiger charge is -2.11. The molecule has 0 aliphatic heterocycles. The molecule has 15 heavy (non-hydrogen) atoms. The number of aliphatic carboxylic acids is 1. The first-order valence-corrected chi connectivity index (χ1v) is 4.61. The Morgan fingerprint density at radius 2 is 2.40 bits per heavy atom. The normalized spacial score (nSPS) is 12.1. The number of carbonyl (C=O) groups excluding carboxylic acids is 1. The smallest absolute Gasteiger partial charge is 0.303 e. The molecule has 6 nitrogen and oxygen atoms in total. The van der Waals surface area contributed by atoms with E-state index < -0.39 is 5.97 Å². The van der Waals surface area contributed by atoms with E-state index in [-0.39, 0.29) is 18.4 Å². The lowest BCUT2D eigenvalue weighted by molar-refractivity contribution is -0.137. The zero-order valence-electron chi connectivity index (χ0n) is 8.36. The lowest BCUT2D eigenvalue weighted by Crippen LogP contribution is -2.33. The van der Waals surface area contributed by atoms with Crippen LogP contribution in [0.1, 0.15) is 30.3 Å². The Hall–Kier alpha value is -1.85. The standard InChI is InChI=1S/C9H13N3O3/c1-6(2-3-8(13)14)11-9(15)7-4-5-10-12-7/h4-6H,2-3H2,1H3,(H,10,12)(H,11,15)(H,13,14). The fourth-order valence-corrected chi connectivity index (χ4v) is 1.10. The molecule has 82 valence electrons. The molecule has 1 atom stereocenters. The number of hydrogen-bond donors (Lipinski definition) is 3. The van der Waals surface area contributed by atoms with Gasteiger partial charge < -0.3 is 10.4 Å². The average molecular weight is 211 g/mol. The van der Waals surface area contributed by atoms with Gasteiger partial charge in [-0.15, -0.1) is 0 Å². The molecule has 1 rings (SSSR count). The van der Waals surface area contributed by atoms with Gasteiger partial charge in [0.25, 0.3) is 5.91 Å². The summed E-state index contributed by atoms with van der Waals surface area (Å²) in [6.07, 6.45) is 1.94. The molecular weight excluding hydrogens is 198 g/mol. The van der Waals surface area contributed by atoms with Gasteiger partial charge in [0, 0.05) is 18.7 Å². The van der Waals surface area contributed by atoms with Crippen LogP contribution >= 0.6 is 0 Å². The van der Waals surface area contributed by atoms with Crippen molar-refractivity contribution < 1.29 is 14.7 Å². The first kappa shape index (κ1) is 11.2. The van der Waals surface area contributed by atoms with Gasteiger partial charge in [-0.1, -0.05) is 0 Å². The highest BCUT2D eigenvalue weighted by Crippen LogP contribution is 1.98. The second-order valence-electron chi connectivity index (χ2n) is 3.28. The summed E-state index contributed by atoms with van der Waals surface area (Å²) in [5.74, 6) is -1.14. The van der Waals surface area contributed by atoms with E-state index in [0.29, 0.717) is 12.1 Å². The summed E-state index contributed by atoms with van der Waals surface area (Å²) < 4.78 is 0. The molecule has 0 radical (unpaired) electrons. The largest absolute Gasteiger partial charge is 0.481 e. The van der Waals surface area contributed by atoms with Crippen molar-refractivity contribution in [2.45, 2.75) is 25.8 Å². The monoisotopic (exact) mass is 211 g/mol. The van der Waals surface area contributed by atoms with Crippen LogP contribution in [-0.2, 0) is 4.79 Å². The highest BCUT2D eigenvalue weighted by atomic mass is 16.4. The van der Waals surface area contributed by atoms with Crippen molar-refractivity contribution in [3.8, 4) is 0 Å². The molecule has 3 N–H and O–H groups in total. The summed E-state index contributed by atoms with van der Waals surface area (Å²) in [5, 5.41) is 17.3. The van der Waals surface area contributed by atoms with Gasteiger partial charge in [0.15, 0.2) is 0 Å². The van der Waals surface area contributed by atoms with Crippen LogP contribution in [-0.4, -0.2) is 33.2 Å². The highest BCUT2D eigenvalue weighted by molar-refractivity contribution is 5.92. The number of carboxylic acids is 1. The van der Waals surface area contributed by atoms with Crippen molar-refractivity contribution >= 4 is 11.9 Å². The highest BCUT2D eigenvalue weighted by Gasteiger charge is 2.11. The molecule has 0 bridgehead atoms. The van der Waals surface area contributed by atoms with Crippen LogP contribution in [0, 0.1) is 0 Å². The minimum absolute atomic E-state index is 0.0461. The molecule has 1 amide bonds. The molecule has 1 heterocycles. The van der Waals surface area contributed by atoms with E-state index in [2.05, 4.69) is 15.5 Å². The predicted molar refractivity (Wildman–Crippen MR) is 52.4 cm³/mol. The first-order chi connectivity index (χ1) is 7.09. The Bertz CT molecular complexity index is 334. The number of carboxylic acid groups (broad SMARTS) is 1. The second-order valence-corrected chi connectivity index (χ2v) is 3.28. The minimum Gasteiger partial charge on any atom is -0.481 e. The number of H-pyrrole nitrogens is 1. The third-order valence-electron chi connectivity index (χ3n) is 1.91. The summed E-state index contributed by atoms with van der Waals surface area (Å²) in [7, 11) is 0. The third-order valence-corrected chi connectivity index (χ3v) is 1.91. The number of carbonyl (C=O) groups is 2. The molecule has 0 aliphatic carbocycles. The lowest BCUT2D eigenvalue weighted by atomic mass is 10.2. The number of aromatic amines is 1. The second kappa shape index (κ2) is 5.14. The van der Waals surface area contributed by atoms with Crippen LogP contribution in [0.5, 0.6) is 0 Å². The minimum atomic E-state index is -0.863. The van der Waals surface area contributed by atoms with E-state index in [1.54, 1.807) is 13.0 Å². The Morgan fingerprint density at radius 3 is 2.93 bits per heavy atom. The molecule has 0 saturated heterocycles. The Labute approximate surface area is 86.7 Å². The molecule has 0 aliphatic rings. The van der Waals surface area contributed by atoms with Crippen LogP contribution in [0.3, 0.4) is 0 Å². The molecule has 6 heteroatoms. The Balaban J connectivity index is 2.35. The van der Waals surface area contributed by atoms with Gasteiger partial charge in [0.05, 0.1) is 0 Å². The van der Waals surface area contributed by atoms with E-state index in [1.807, 2.05) is 0 Å². The van der Waals surface area contributed by atoms with Crippen molar-refractivity contribution in [1.29, 1.82) is 0 Å². The number of amides is 1. The summed E-state index contributed by atoms with van der Waals surface area (Å²) in [6, 6.07) is 1.39. The van der Waals surface area contributed by atoms with Gasteiger partial charge in [-0.2, -0.15) is 5.10 Å². The van der Waals surface area contributed by atoms with Crippen LogP contribution in [0.15, 0.2) is 12.3 Å². The van der Waals surface area contributed by atoms with Crippen molar-refractivity contribution in [3.05, 3.63) is 18.0 Å². The summed E-state index contributed by atoms with van der Waals surface area (Å²) in [6.45, 7) is 1.76. The Morgan fingerprint density at radius 1 is 1.67 bits per heavy atom. The van der Waals surface area contributed by atoms with Crippen molar-refractivity contribution in [2.24, 2.45) is 0 Å². The van der Waals surface area contributed by atoms with Gasteiger partial charge in [-0.05, 0) is 19.4 Å². The van der Waals surface area contributed by atoms with Gasteiger partial charge in [0.2, 0.25) is 0 Å². The van der Waals surface area contributed by atoms with Crippen LogP contribution in [0.25, 0.3) is 0 Å². The summed E-state index contributed by atoms with van der Waals surface area (Å²) in [5.41, 5.74) is 0.372. The first-order valence-electron chi connectivity index (χ1n) is 4.61. The number of aromatic nitrogens is 2. The predicted octanol–water partition coefficient (Wildman–Crippen LogP) is 0.393. The average Bonchev–Trinajstić information content (AvgIpc) is 2.67. The van der Waals surface area contributed by atoms with Gasteiger partial charge in [-0.3, -0.25) is 14.7 Å². The SMILES string of the molecule is CC(CCC(=O)O)NC(=O)c1ccn[nH]1. The van der Waals surface area contributed by atoms with Crippen LogP contribution in [0.2, 0.25) is 0 Å². The molecule has 1 aromatic rings. The van der Waals surface area contributed by atoms with Crippen molar-refractivity contribution in [1.82, 2.24) is 15.5 Å². The zero-order valence-corrected chi connectivity index (χ0v) is 8.36. The fraction of sp³-hybridized carbons (Fsp3) is 0.444. The molecule has 0 saturated carbocycles. The number of nitrogens with one attached hydrogen (secondary N) is 2. The number of nitrogens with zero attached hydrogens (tertiary/aromatic N) is 1. The van der Waals surface area contributed by atoms with E-state index in [0.717, 1.165) is 0 Å². The quantitative estimate of drug-likeness (QED) is 0.656. The van der Waals surface area contributed by atoms with Crippen LogP contribution < -0.4 is 5.32 Å². The van der Waals surface area contributed by atoms with Crippen molar-refractivity contribution in [2.75, 3.05) is 0 Å². The number of hydrogen-bond acceptors (Lipinski definition) is 3. The molecule has 1 unspecified atom stereocenters. The van der Waals surface area contributed by atoms with E-state index in [9.17, 15) is 9.59 Å². The van der Waals surface area contributed by atoms with E-state index in [1.165, 1.54) is 6.20 Å². The van der Waals surface area contributed by atoms with E-state index in [4.69, 9.17) is 5.11 Å². The van der Waals surface area contributed by atoms with Crippen LogP contribution in [0.4, 0.5) is 0 Å². The molecule has 1 aromatic heterocycles. The fourth-order valence-electron chi connectivity index (χ4n) is 1.10. The maximum atomic E-state index is 11.4. The van der Waals surface area contributed by atoms with Crippen molar-refractivity contribution in [3.63, 3.8) is 0 Å². The van der Waals surface area contributed by atoms with Gasteiger partial charge in [0.1, 0.15) is 5.69 Å². The molecular formula is C9H13N3O3. The topological polar surface area (TPSA) is 95.1 Å². The molecule has 0 spiro atoms. The maximum absolute atomic E-state index is 11.4. The van der Waals surface area contributed by atoms with Gasteiger partial charge >= 0.3 is 5.97 Å². The molecule has 0 aromatic carbocycles.